The zero-order valence-corrected chi connectivity index (χ0v) is 16.1. The largest absolute Gasteiger partial charge is 0.489 e. The molecule has 6 heteroatoms. The summed E-state index contributed by atoms with van der Waals surface area (Å²) in [4.78, 5) is 11.0. The SMILES string of the molecule is NC(CC=C(c1ccccc1)c1ccc(OCc2cc(F)cc(F)c2)cc1)C(=O)O. The van der Waals surface area contributed by atoms with Gasteiger partial charge < -0.3 is 15.6 Å². The lowest BCUT2D eigenvalue weighted by molar-refractivity contribution is -0.138. The summed E-state index contributed by atoms with van der Waals surface area (Å²) in [5, 5.41) is 9.04. The number of hydrogen-bond acceptors (Lipinski definition) is 3. The Morgan fingerprint density at radius 1 is 0.967 bits per heavy atom. The van der Waals surface area contributed by atoms with Gasteiger partial charge in [-0.25, -0.2) is 8.78 Å². The zero-order chi connectivity index (χ0) is 21.5. The summed E-state index contributed by atoms with van der Waals surface area (Å²) in [5.74, 6) is -1.82. The lowest BCUT2D eigenvalue weighted by atomic mass is 9.96. The molecule has 3 rings (SSSR count). The Morgan fingerprint density at radius 2 is 1.57 bits per heavy atom. The van der Waals surface area contributed by atoms with E-state index in [0.29, 0.717) is 11.3 Å². The number of aliphatic carboxylic acids is 1. The minimum atomic E-state index is -1.06. The Balaban J connectivity index is 1.78. The molecule has 0 radical (unpaired) electrons. The van der Waals surface area contributed by atoms with Crippen molar-refractivity contribution in [2.75, 3.05) is 0 Å². The highest BCUT2D eigenvalue weighted by Crippen LogP contribution is 2.26. The van der Waals surface area contributed by atoms with Gasteiger partial charge >= 0.3 is 5.97 Å². The van der Waals surface area contributed by atoms with Gasteiger partial charge in [0.2, 0.25) is 0 Å². The summed E-state index contributed by atoms with van der Waals surface area (Å²) in [5.41, 5.74) is 8.68. The van der Waals surface area contributed by atoms with Crippen molar-refractivity contribution in [1.29, 1.82) is 0 Å². The maximum Gasteiger partial charge on any atom is 0.320 e. The highest BCUT2D eigenvalue weighted by Gasteiger charge is 2.12. The predicted molar refractivity (Wildman–Crippen MR) is 111 cm³/mol. The summed E-state index contributed by atoms with van der Waals surface area (Å²) < 4.78 is 32.2. The average molecular weight is 409 g/mol. The zero-order valence-electron chi connectivity index (χ0n) is 16.1. The minimum Gasteiger partial charge on any atom is -0.489 e. The summed E-state index contributed by atoms with van der Waals surface area (Å²) in [6.07, 6.45) is 1.99. The fourth-order valence-corrected chi connectivity index (χ4v) is 2.96. The molecular weight excluding hydrogens is 388 g/mol. The van der Waals surface area contributed by atoms with E-state index in [2.05, 4.69) is 0 Å². The Morgan fingerprint density at radius 3 is 2.17 bits per heavy atom. The molecule has 4 nitrogen and oxygen atoms in total. The van der Waals surface area contributed by atoms with Gasteiger partial charge in [0, 0.05) is 6.07 Å². The van der Waals surface area contributed by atoms with Gasteiger partial charge in [-0.3, -0.25) is 4.79 Å². The minimum absolute atomic E-state index is 0.0306. The monoisotopic (exact) mass is 409 g/mol. The van der Waals surface area contributed by atoms with Gasteiger partial charge in [-0.15, -0.1) is 0 Å². The fraction of sp³-hybridized carbons (Fsp3) is 0.125. The summed E-state index contributed by atoms with van der Waals surface area (Å²) in [6.45, 7) is 0.0306. The van der Waals surface area contributed by atoms with Crippen LogP contribution in [0.3, 0.4) is 0 Å². The first-order valence-corrected chi connectivity index (χ1v) is 9.34. The van der Waals surface area contributed by atoms with Gasteiger partial charge in [0.1, 0.15) is 30.0 Å². The summed E-state index contributed by atoms with van der Waals surface area (Å²) in [6, 6.07) is 19.0. The van der Waals surface area contributed by atoms with Gasteiger partial charge in [-0.05, 0) is 52.9 Å². The first-order valence-electron chi connectivity index (χ1n) is 9.34. The van der Waals surface area contributed by atoms with Crippen molar-refractivity contribution in [3.8, 4) is 5.75 Å². The van der Waals surface area contributed by atoms with Crippen molar-refractivity contribution in [1.82, 2.24) is 0 Å². The van der Waals surface area contributed by atoms with E-state index in [-0.39, 0.29) is 13.0 Å². The number of rotatable bonds is 8. The molecule has 0 aliphatic carbocycles. The third-order valence-electron chi connectivity index (χ3n) is 4.47. The molecule has 0 bridgehead atoms. The predicted octanol–water partition coefficient (Wildman–Crippen LogP) is 4.78. The van der Waals surface area contributed by atoms with Crippen LogP contribution in [-0.2, 0) is 11.4 Å². The molecule has 0 heterocycles. The maximum atomic E-state index is 13.3. The molecule has 0 fully saturated rings. The second-order valence-electron chi connectivity index (χ2n) is 6.76. The topological polar surface area (TPSA) is 72.5 Å². The van der Waals surface area contributed by atoms with Gasteiger partial charge in [0.05, 0.1) is 0 Å². The number of ether oxygens (including phenoxy) is 1. The van der Waals surface area contributed by atoms with E-state index in [0.717, 1.165) is 22.8 Å². The van der Waals surface area contributed by atoms with Gasteiger partial charge in [-0.1, -0.05) is 48.5 Å². The second kappa shape index (κ2) is 9.80. The standard InChI is InChI=1S/C24H21F2NO3/c25-19-12-16(13-20(26)14-19)15-30-21-8-6-18(7-9-21)22(10-11-23(27)24(28)29)17-4-2-1-3-5-17/h1-10,12-14,23H,11,15,27H2,(H,28,29). The highest BCUT2D eigenvalue weighted by molar-refractivity contribution is 5.81. The second-order valence-corrected chi connectivity index (χ2v) is 6.76. The number of carbonyl (C=O) groups is 1. The number of halogens is 2. The van der Waals surface area contributed by atoms with E-state index in [1.165, 1.54) is 12.1 Å². The van der Waals surface area contributed by atoms with Crippen molar-refractivity contribution >= 4 is 11.5 Å². The van der Waals surface area contributed by atoms with Crippen molar-refractivity contribution < 1.29 is 23.4 Å². The lowest BCUT2D eigenvalue weighted by Crippen LogP contribution is -2.29. The molecule has 3 aromatic carbocycles. The third-order valence-corrected chi connectivity index (χ3v) is 4.47. The molecule has 3 N–H and O–H groups in total. The van der Waals surface area contributed by atoms with Crippen LogP contribution in [0.2, 0.25) is 0 Å². The van der Waals surface area contributed by atoms with Crippen LogP contribution < -0.4 is 10.5 Å². The highest BCUT2D eigenvalue weighted by atomic mass is 19.1. The van der Waals surface area contributed by atoms with E-state index in [1.807, 2.05) is 42.5 Å². The Labute approximate surface area is 173 Å². The number of benzene rings is 3. The Hall–Kier alpha value is -3.51. The molecular formula is C24H21F2NO3. The molecule has 0 spiro atoms. The molecule has 1 atom stereocenters. The van der Waals surface area contributed by atoms with E-state index >= 15 is 0 Å². The molecule has 30 heavy (non-hydrogen) atoms. The maximum absolute atomic E-state index is 13.3. The molecule has 154 valence electrons. The Kier molecular flexibility index (Phi) is 6.93. The fourth-order valence-electron chi connectivity index (χ4n) is 2.96. The van der Waals surface area contributed by atoms with Crippen LogP contribution in [0, 0.1) is 11.6 Å². The van der Waals surface area contributed by atoms with Crippen LogP contribution in [0.15, 0.2) is 78.9 Å². The van der Waals surface area contributed by atoms with Crippen LogP contribution in [-0.4, -0.2) is 17.1 Å². The first kappa shape index (κ1) is 21.2. The van der Waals surface area contributed by atoms with Gasteiger partial charge in [0.25, 0.3) is 0 Å². The number of nitrogens with two attached hydrogens (primary N) is 1. The molecule has 0 aliphatic rings. The lowest BCUT2D eigenvalue weighted by Gasteiger charge is -2.12. The molecule has 3 aromatic rings. The van der Waals surface area contributed by atoms with Gasteiger partial charge in [0.15, 0.2) is 0 Å². The van der Waals surface area contributed by atoms with Crippen molar-refractivity contribution in [2.45, 2.75) is 19.1 Å². The van der Waals surface area contributed by atoms with Crippen LogP contribution in [0.25, 0.3) is 5.57 Å². The van der Waals surface area contributed by atoms with E-state index in [4.69, 9.17) is 15.6 Å². The number of carboxylic acids is 1. The average Bonchev–Trinajstić information content (AvgIpc) is 2.73. The van der Waals surface area contributed by atoms with Crippen LogP contribution >= 0.6 is 0 Å². The number of carboxylic acid groups (broad SMARTS) is 1. The van der Waals surface area contributed by atoms with Crippen molar-refractivity contribution in [3.63, 3.8) is 0 Å². The van der Waals surface area contributed by atoms with Crippen LogP contribution in [0.1, 0.15) is 23.1 Å². The smallest absolute Gasteiger partial charge is 0.320 e. The quantitative estimate of drug-likeness (QED) is 0.562. The first-order chi connectivity index (χ1) is 14.4. The molecule has 0 aliphatic heterocycles. The Bertz CT molecular complexity index is 1010. The summed E-state index contributed by atoms with van der Waals surface area (Å²) >= 11 is 0. The van der Waals surface area contributed by atoms with Gasteiger partial charge in [-0.2, -0.15) is 0 Å². The van der Waals surface area contributed by atoms with Crippen LogP contribution in [0.5, 0.6) is 5.75 Å². The number of hydrogen-bond donors (Lipinski definition) is 2. The molecule has 0 saturated carbocycles. The van der Waals surface area contributed by atoms with Crippen molar-refractivity contribution in [3.05, 3.63) is 107 Å². The molecule has 0 saturated heterocycles. The van der Waals surface area contributed by atoms with E-state index in [1.54, 1.807) is 18.2 Å². The van der Waals surface area contributed by atoms with E-state index < -0.39 is 23.6 Å². The van der Waals surface area contributed by atoms with Crippen molar-refractivity contribution in [2.24, 2.45) is 5.73 Å². The van der Waals surface area contributed by atoms with E-state index in [9.17, 15) is 13.6 Å². The molecule has 0 amide bonds. The third kappa shape index (κ3) is 5.75. The normalized spacial score (nSPS) is 12.4. The van der Waals surface area contributed by atoms with Crippen LogP contribution in [0.4, 0.5) is 8.78 Å². The molecule has 0 aromatic heterocycles. The summed E-state index contributed by atoms with van der Waals surface area (Å²) in [7, 11) is 0. The molecule has 1 unspecified atom stereocenters.